The zero-order valence-electron chi connectivity index (χ0n) is 37.4. The number of rotatable bonds is 44. The number of hydrogen-bond acceptors (Lipinski definition) is 6. The summed E-state index contributed by atoms with van der Waals surface area (Å²) in [6, 6.07) is 0. The van der Waals surface area contributed by atoms with Gasteiger partial charge in [0.05, 0.1) is 0 Å². The first-order valence-corrected chi connectivity index (χ1v) is 24.4. The van der Waals surface area contributed by atoms with Crippen LogP contribution in [0.2, 0.25) is 0 Å². The van der Waals surface area contributed by atoms with Crippen LogP contribution in [0.3, 0.4) is 0 Å². The molecule has 0 amide bonds. The lowest BCUT2D eigenvalue weighted by Crippen LogP contribution is -2.30. The molecule has 0 heterocycles. The van der Waals surface area contributed by atoms with Gasteiger partial charge in [0.25, 0.3) is 0 Å². The lowest BCUT2D eigenvalue weighted by Gasteiger charge is -2.18. The van der Waals surface area contributed by atoms with Gasteiger partial charge in [-0.2, -0.15) is 0 Å². The Labute approximate surface area is 342 Å². The van der Waals surface area contributed by atoms with Gasteiger partial charge < -0.3 is 14.2 Å². The molecule has 1 atom stereocenters. The SMILES string of the molecule is CCCCCCCCCCCCCCCCCCCC(=O)OC[C@H](COC(=O)CCCCCCCCCC(C)C)OC(=O)CCCCCCCCCCCC. The summed E-state index contributed by atoms with van der Waals surface area (Å²) < 4.78 is 16.7. The molecule has 0 saturated carbocycles. The predicted molar refractivity (Wildman–Crippen MR) is 233 cm³/mol. The number of ether oxygens (including phenoxy) is 3. The molecule has 0 aliphatic heterocycles. The minimum atomic E-state index is -0.759. The molecule has 0 aromatic heterocycles. The zero-order chi connectivity index (χ0) is 40.3. The van der Waals surface area contributed by atoms with Crippen molar-refractivity contribution in [2.45, 2.75) is 278 Å². The average molecular weight is 779 g/mol. The summed E-state index contributed by atoms with van der Waals surface area (Å²) in [6.45, 7) is 8.95. The van der Waals surface area contributed by atoms with Crippen LogP contribution >= 0.6 is 0 Å². The van der Waals surface area contributed by atoms with Crippen LogP contribution in [-0.2, 0) is 28.6 Å². The third-order valence-corrected chi connectivity index (χ3v) is 11.0. The number of carbonyl (C=O) groups excluding carboxylic acids is 3. The highest BCUT2D eigenvalue weighted by Gasteiger charge is 2.19. The Kier molecular flexibility index (Phi) is 42.3. The Bertz CT molecular complexity index is 826. The van der Waals surface area contributed by atoms with Gasteiger partial charge in [0.1, 0.15) is 13.2 Å². The van der Waals surface area contributed by atoms with E-state index in [1.807, 2.05) is 0 Å². The maximum atomic E-state index is 12.7. The quantitative estimate of drug-likeness (QED) is 0.0348. The maximum absolute atomic E-state index is 12.7. The first-order chi connectivity index (χ1) is 26.9. The maximum Gasteiger partial charge on any atom is 0.306 e. The molecular formula is C49H94O6. The summed E-state index contributed by atoms with van der Waals surface area (Å²) in [5, 5.41) is 0. The molecule has 0 unspecified atom stereocenters. The minimum Gasteiger partial charge on any atom is -0.462 e. The van der Waals surface area contributed by atoms with Crippen LogP contribution in [0.4, 0.5) is 0 Å². The largest absolute Gasteiger partial charge is 0.462 e. The molecule has 0 fully saturated rings. The van der Waals surface area contributed by atoms with Gasteiger partial charge in [-0.1, -0.05) is 233 Å². The van der Waals surface area contributed by atoms with Crippen LogP contribution in [0.15, 0.2) is 0 Å². The number of unbranched alkanes of at least 4 members (excludes halogenated alkanes) is 31. The molecule has 6 heteroatoms. The highest BCUT2D eigenvalue weighted by molar-refractivity contribution is 5.71. The van der Waals surface area contributed by atoms with E-state index in [0.717, 1.165) is 63.7 Å². The Balaban J connectivity index is 4.24. The summed E-state index contributed by atoms with van der Waals surface area (Å²) in [5.74, 6) is -0.0721. The third-order valence-electron chi connectivity index (χ3n) is 11.0. The Morgan fingerprint density at radius 2 is 0.600 bits per heavy atom. The fourth-order valence-electron chi connectivity index (χ4n) is 7.33. The van der Waals surface area contributed by atoms with Crippen molar-refractivity contribution in [3.63, 3.8) is 0 Å². The molecule has 0 aliphatic rings. The van der Waals surface area contributed by atoms with Crippen molar-refractivity contribution in [1.82, 2.24) is 0 Å². The van der Waals surface area contributed by atoms with Gasteiger partial charge in [0.15, 0.2) is 6.10 Å². The zero-order valence-corrected chi connectivity index (χ0v) is 37.4. The fourth-order valence-corrected chi connectivity index (χ4v) is 7.33. The second-order valence-electron chi connectivity index (χ2n) is 17.2. The molecule has 0 bridgehead atoms. The van der Waals surface area contributed by atoms with E-state index in [1.54, 1.807) is 0 Å². The summed E-state index contributed by atoms with van der Waals surface area (Å²) in [5.41, 5.74) is 0. The molecule has 6 nitrogen and oxygen atoms in total. The van der Waals surface area contributed by atoms with Gasteiger partial charge in [0, 0.05) is 19.3 Å². The number of carbonyl (C=O) groups is 3. The van der Waals surface area contributed by atoms with E-state index in [1.165, 1.54) is 167 Å². The normalized spacial score (nSPS) is 11.9. The van der Waals surface area contributed by atoms with Crippen molar-refractivity contribution in [3.05, 3.63) is 0 Å². The van der Waals surface area contributed by atoms with E-state index in [2.05, 4.69) is 27.7 Å². The van der Waals surface area contributed by atoms with E-state index in [9.17, 15) is 14.4 Å². The number of hydrogen-bond donors (Lipinski definition) is 0. The molecule has 0 spiro atoms. The molecular weight excluding hydrogens is 685 g/mol. The van der Waals surface area contributed by atoms with E-state index >= 15 is 0 Å². The second kappa shape index (κ2) is 43.5. The molecule has 0 rings (SSSR count). The number of esters is 3. The summed E-state index contributed by atoms with van der Waals surface area (Å²) in [4.78, 5) is 37.7. The summed E-state index contributed by atoms with van der Waals surface area (Å²) in [7, 11) is 0. The van der Waals surface area contributed by atoms with Crippen LogP contribution in [0.5, 0.6) is 0 Å². The predicted octanol–water partition coefficient (Wildman–Crippen LogP) is 15.5. The van der Waals surface area contributed by atoms with E-state index in [4.69, 9.17) is 14.2 Å². The van der Waals surface area contributed by atoms with Crippen LogP contribution < -0.4 is 0 Å². The molecule has 0 N–H and O–H groups in total. The van der Waals surface area contributed by atoms with Crippen molar-refractivity contribution < 1.29 is 28.6 Å². The van der Waals surface area contributed by atoms with E-state index in [-0.39, 0.29) is 31.1 Å². The summed E-state index contributed by atoms with van der Waals surface area (Å²) in [6.07, 6.45) is 43.8. The molecule has 0 aromatic rings. The molecule has 0 radical (unpaired) electrons. The Morgan fingerprint density at radius 3 is 0.891 bits per heavy atom. The van der Waals surface area contributed by atoms with E-state index < -0.39 is 6.10 Å². The monoisotopic (exact) mass is 779 g/mol. The van der Waals surface area contributed by atoms with Crippen LogP contribution in [0.1, 0.15) is 272 Å². The van der Waals surface area contributed by atoms with Crippen molar-refractivity contribution in [2.75, 3.05) is 13.2 Å². The van der Waals surface area contributed by atoms with Crippen LogP contribution in [-0.4, -0.2) is 37.2 Å². The molecule has 326 valence electrons. The topological polar surface area (TPSA) is 78.9 Å². The van der Waals surface area contributed by atoms with Gasteiger partial charge >= 0.3 is 17.9 Å². The lowest BCUT2D eigenvalue weighted by molar-refractivity contribution is -0.167. The Morgan fingerprint density at radius 1 is 0.345 bits per heavy atom. The van der Waals surface area contributed by atoms with Gasteiger partial charge in [-0.25, -0.2) is 0 Å². The fraction of sp³-hybridized carbons (Fsp3) is 0.939. The second-order valence-corrected chi connectivity index (χ2v) is 17.2. The van der Waals surface area contributed by atoms with Crippen LogP contribution in [0, 0.1) is 5.92 Å². The highest BCUT2D eigenvalue weighted by atomic mass is 16.6. The van der Waals surface area contributed by atoms with Crippen molar-refractivity contribution in [1.29, 1.82) is 0 Å². The van der Waals surface area contributed by atoms with Gasteiger partial charge in [0.2, 0.25) is 0 Å². The Hall–Kier alpha value is -1.59. The van der Waals surface area contributed by atoms with Gasteiger partial charge in [-0.05, 0) is 25.2 Å². The van der Waals surface area contributed by atoms with Gasteiger partial charge in [-0.15, -0.1) is 0 Å². The van der Waals surface area contributed by atoms with Gasteiger partial charge in [-0.3, -0.25) is 14.4 Å². The first kappa shape index (κ1) is 53.4. The van der Waals surface area contributed by atoms with Crippen molar-refractivity contribution in [3.8, 4) is 0 Å². The van der Waals surface area contributed by atoms with Crippen molar-refractivity contribution >= 4 is 17.9 Å². The molecule has 55 heavy (non-hydrogen) atoms. The lowest BCUT2D eigenvalue weighted by atomic mass is 10.0. The van der Waals surface area contributed by atoms with Crippen LogP contribution in [0.25, 0.3) is 0 Å². The molecule has 0 saturated heterocycles. The van der Waals surface area contributed by atoms with Crippen molar-refractivity contribution in [2.24, 2.45) is 5.92 Å². The molecule has 0 aliphatic carbocycles. The summed E-state index contributed by atoms with van der Waals surface area (Å²) >= 11 is 0. The standard InChI is InChI=1S/C49H94O6/c1-5-7-9-11-13-15-17-18-19-20-21-22-23-25-28-32-36-40-47(50)53-43-46(55-49(52)42-38-34-29-24-16-14-12-10-8-6-2)44-54-48(51)41-37-33-30-26-27-31-35-39-45(3)4/h45-46H,5-44H2,1-4H3/t46-/m1/s1. The highest BCUT2D eigenvalue weighted by Crippen LogP contribution is 2.16. The first-order valence-electron chi connectivity index (χ1n) is 24.4. The molecule has 0 aromatic carbocycles. The minimum absolute atomic E-state index is 0.0638. The van der Waals surface area contributed by atoms with E-state index in [0.29, 0.717) is 19.3 Å². The smallest absolute Gasteiger partial charge is 0.306 e. The third kappa shape index (κ3) is 43.4. The average Bonchev–Trinajstić information content (AvgIpc) is 3.17.